The Morgan fingerprint density at radius 1 is 0.917 bits per heavy atom. The molecule has 0 unspecified atom stereocenters. The fourth-order valence-corrected chi connectivity index (χ4v) is 5.87. The van der Waals surface area contributed by atoms with Crippen molar-refractivity contribution in [3.05, 3.63) is 105 Å². The number of methoxy groups -OCH3 is 1. The van der Waals surface area contributed by atoms with E-state index in [1.54, 1.807) is 43.5 Å². The fourth-order valence-electron chi connectivity index (χ4n) is 5.87. The van der Waals surface area contributed by atoms with Crippen LogP contribution in [0.15, 0.2) is 87.6 Å². The number of phenols is 2. The van der Waals surface area contributed by atoms with Crippen LogP contribution in [0.1, 0.15) is 48.0 Å². The van der Waals surface area contributed by atoms with Gasteiger partial charge in [-0.3, -0.25) is 0 Å². The van der Waals surface area contributed by atoms with Crippen molar-refractivity contribution in [3.63, 3.8) is 0 Å². The summed E-state index contributed by atoms with van der Waals surface area (Å²) in [7, 11) is 1.58. The van der Waals surface area contributed by atoms with E-state index in [2.05, 4.69) is 19.1 Å². The maximum atomic E-state index is 11.9. The molecule has 2 heterocycles. The van der Waals surface area contributed by atoms with Crippen LogP contribution < -0.4 is 15.1 Å². The first kappa shape index (κ1) is 22.3. The van der Waals surface area contributed by atoms with Crippen LogP contribution in [0.25, 0.3) is 11.0 Å². The third kappa shape index (κ3) is 3.70. The summed E-state index contributed by atoms with van der Waals surface area (Å²) in [5, 5.41) is 20.8. The highest BCUT2D eigenvalue weighted by Gasteiger charge is 2.46. The van der Waals surface area contributed by atoms with Crippen molar-refractivity contribution in [1.82, 2.24) is 0 Å². The van der Waals surface area contributed by atoms with Crippen LogP contribution in [0, 0.1) is 5.92 Å². The molecule has 2 aliphatic rings. The van der Waals surface area contributed by atoms with Crippen LogP contribution >= 0.6 is 0 Å². The molecule has 1 aliphatic heterocycles. The Balaban J connectivity index is 1.59. The molecule has 6 nitrogen and oxygen atoms in total. The molecule has 0 fully saturated rings. The molecule has 3 aromatic carbocycles. The fraction of sp³-hybridized carbons (Fsp3) is 0.233. The third-order valence-electron chi connectivity index (χ3n) is 7.44. The number of fused-ring (bicyclic) bond motifs is 4. The monoisotopic (exact) mass is 482 g/mol. The Bertz CT molecular complexity index is 1550. The van der Waals surface area contributed by atoms with Gasteiger partial charge in [0, 0.05) is 46.5 Å². The van der Waals surface area contributed by atoms with E-state index in [-0.39, 0.29) is 29.3 Å². The van der Waals surface area contributed by atoms with Crippen LogP contribution in [0.5, 0.6) is 23.0 Å². The van der Waals surface area contributed by atoms with E-state index < -0.39 is 11.7 Å². The number of hydrogen-bond donors (Lipinski definition) is 2. The van der Waals surface area contributed by atoms with Gasteiger partial charge in [0.15, 0.2) is 0 Å². The lowest BCUT2D eigenvalue weighted by Crippen LogP contribution is -2.36. The van der Waals surface area contributed by atoms with Gasteiger partial charge >= 0.3 is 5.63 Å². The summed E-state index contributed by atoms with van der Waals surface area (Å²) in [6.45, 7) is 2.15. The quantitative estimate of drug-likeness (QED) is 0.268. The molecule has 6 rings (SSSR count). The molecular formula is C30H26O6. The zero-order valence-electron chi connectivity index (χ0n) is 20.0. The standard InChI is InChI=1S/C30H26O6/c1-16-11-22(17-3-6-19(31)7-4-17)29-24(12-16)23-13-18-5-10-28(33)35-25(18)15-27(23)36-30(29)21-9-8-20(32)14-26(21)34-2/h3-10,12-15,22,24,29-32H,11H2,1-2H3/t22-,24+,29-,30+/m0/s1. The van der Waals surface area contributed by atoms with Gasteiger partial charge in [-0.05, 0) is 61.2 Å². The smallest absolute Gasteiger partial charge is 0.336 e. The molecule has 0 amide bonds. The van der Waals surface area contributed by atoms with Crippen LogP contribution in [0.3, 0.4) is 0 Å². The van der Waals surface area contributed by atoms with Crippen LogP contribution in [-0.2, 0) is 0 Å². The topological polar surface area (TPSA) is 89.1 Å². The van der Waals surface area contributed by atoms with Gasteiger partial charge in [0.2, 0.25) is 0 Å². The van der Waals surface area contributed by atoms with E-state index in [0.717, 1.165) is 28.5 Å². The van der Waals surface area contributed by atoms with Crippen LogP contribution in [0.2, 0.25) is 0 Å². The number of aromatic hydroxyl groups is 2. The summed E-state index contributed by atoms with van der Waals surface area (Å²) < 4.78 is 17.8. The minimum absolute atomic E-state index is 0.0114. The maximum Gasteiger partial charge on any atom is 0.336 e. The lowest BCUT2D eigenvalue weighted by atomic mass is 9.64. The summed E-state index contributed by atoms with van der Waals surface area (Å²) in [4.78, 5) is 11.9. The van der Waals surface area contributed by atoms with E-state index in [0.29, 0.717) is 17.1 Å². The Kier molecular flexibility index (Phi) is 5.25. The van der Waals surface area contributed by atoms with Gasteiger partial charge < -0.3 is 24.1 Å². The molecule has 182 valence electrons. The molecule has 0 saturated heterocycles. The second kappa shape index (κ2) is 8.48. The van der Waals surface area contributed by atoms with Crippen molar-refractivity contribution in [1.29, 1.82) is 0 Å². The van der Waals surface area contributed by atoms with Crippen molar-refractivity contribution in [2.24, 2.45) is 5.92 Å². The molecule has 0 radical (unpaired) electrons. The highest BCUT2D eigenvalue weighted by atomic mass is 16.5. The molecule has 4 aromatic rings. The summed E-state index contributed by atoms with van der Waals surface area (Å²) in [5.41, 5.74) is 4.34. The van der Waals surface area contributed by atoms with Crippen molar-refractivity contribution < 1.29 is 24.1 Å². The average Bonchev–Trinajstić information content (AvgIpc) is 2.87. The highest BCUT2D eigenvalue weighted by Crippen LogP contribution is 2.58. The van der Waals surface area contributed by atoms with E-state index in [4.69, 9.17) is 13.9 Å². The summed E-state index contributed by atoms with van der Waals surface area (Å²) >= 11 is 0. The van der Waals surface area contributed by atoms with E-state index in [1.165, 1.54) is 11.6 Å². The number of benzene rings is 3. The SMILES string of the molecule is COc1cc(O)ccc1[C@H]1Oc2cc3oc(=O)ccc3cc2[C@H]2C=C(C)C[C@@H](c3ccc(O)cc3)[C@@H]21. The normalized spacial score (nSPS) is 22.8. The minimum atomic E-state index is -0.409. The van der Waals surface area contributed by atoms with Gasteiger partial charge in [-0.15, -0.1) is 0 Å². The number of ether oxygens (including phenoxy) is 2. The molecule has 0 saturated carbocycles. The van der Waals surface area contributed by atoms with Gasteiger partial charge in [0.05, 0.1) is 7.11 Å². The predicted octanol–water partition coefficient (Wildman–Crippen LogP) is 6.18. The summed E-state index contributed by atoms with van der Waals surface area (Å²) in [6.07, 6.45) is 2.77. The van der Waals surface area contributed by atoms with E-state index >= 15 is 0 Å². The Morgan fingerprint density at radius 2 is 1.69 bits per heavy atom. The molecule has 0 bridgehead atoms. The zero-order valence-corrected chi connectivity index (χ0v) is 20.0. The first-order valence-electron chi connectivity index (χ1n) is 12.0. The zero-order chi connectivity index (χ0) is 25.0. The number of hydrogen-bond acceptors (Lipinski definition) is 6. The largest absolute Gasteiger partial charge is 0.508 e. The Hall–Kier alpha value is -4.19. The Morgan fingerprint density at radius 3 is 2.47 bits per heavy atom. The van der Waals surface area contributed by atoms with Crippen molar-refractivity contribution in [2.75, 3.05) is 7.11 Å². The molecule has 4 atom stereocenters. The van der Waals surface area contributed by atoms with Gasteiger partial charge in [-0.1, -0.05) is 23.8 Å². The summed E-state index contributed by atoms with van der Waals surface area (Å²) in [6, 6.07) is 19.6. The van der Waals surface area contributed by atoms with Crippen molar-refractivity contribution in [3.8, 4) is 23.0 Å². The second-order valence-corrected chi connectivity index (χ2v) is 9.67. The highest BCUT2D eigenvalue weighted by molar-refractivity contribution is 5.80. The van der Waals surface area contributed by atoms with Crippen LogP contribution in [0.4, 0.5) is 0 Å². The predicted molar refractivity (Wildman–Crippen MR) is 136 cm³/mol. The van der Waals surface area contributed by atoms with Gasteiger partial charge in [0.1, 0.15) is 34.7 Å². The number of rotatable bonds is 3. The van der Waals surface area contributed by atoms with Crippen molar-refractivity contribution >= 4 is 11.0 Å². The van der Waals surface area contributed by atoms with E-state index in [1.807, 2.05) is 18.2 Å². The maximum absolute atomic E-state index is 11.9. The number of phenolic OH excluding ortho intramolecular Hbond substituents is 2. The molecular weight excluding hydrogens is 456 g/mol. The lowest BCUT2D eigenvalue weighted by molar-refractivity contribution is 0.0776. The van der Waals surface area contributed by atoms with Crippen LogP contribution in [-0.4, -0.2) is 17.3 Å². The van der Waals surface area contributed by atoms with Gasteiger partial charge in [0.25, 0.3) is 0 Å². The van der Waals surface area contributed by atoms with Gasteiger partial charge in [-0.2, -0.15) is 0 Å². The third-order valence-corrected chi connectivity index (χ3v) is 7.44. The first-order chi connectivity index (χ1) is 17.4. The second-order valence-electron chi connectivity index (χ2n) is 9.67. The summed E-state index contributed by atoms with van der Waals surface area (Å²) in [5.74, 6) is 1.71. The molecule has 6 heteroatoms. The molecule has 0 spiro atoms. The average molecular weight is 483 g/mol. The molecule has 1 aromatic heterocycles. The number of allylic oxidation sites excluding steroid dienone is 2. The molecule has 36 heavy (non-hydrogen) atoms. The van der Waals surface area contributed by atoms with E-state index in [9.17, 15) is 15.0 Å². The first-order valence-corrected chi connectivity index (χ1v) is 12.0. The molecule has 2 N–H and O–H groups in total. The molecule has 1 aliphatic carbocycles. The minimum Gasteiger partial charge on any atom is -0.508 e. The Labute approximate surface area is 208 Å². The van der Waals surface area contributed by atoms with Crippen molar-refractivity contribution in [2.45, 2.75) is 31.3 Å². The van der Waals surface area contributed by atoms with Gasteiger partial charge in [-0.25, -0.2) is 4.79 Å². The lowest BCUT2D eigenvalue weighted by Gasteiger charge is -2.46.